The van der Waals surface area contributed by atoms with E-state index in [4.69, 9.17) is 0 Å². The first-order chi connectivity index (χ1) is 6.84. The molecule has 0 N–H and O–H groups in total. The van der Waals surface area contributed by atoms with Crippen LogP contribution in [0.25, 0.3) is 11.4 Å². The maximum atomic E-state index is 13.1. The lowest BCUT2D eigenvalue weighted by molar-refractivity contribution is 0.622. The van der Waals surface area contributed by atoms with E-state index in [1.165, 1.54) is 11.6 Å². The summed E-state index contributed by atoms with van der Waals surface area (Å²) in [7, 11) is 0. The molecule has 3 rings (SSSR count). The Bertz CT molecular complexity index is 488. The number of imidazole rings is 1. The van der Waals surface area contributed by atoms with Gasteiger partial charge in [0.25, 0.3) is 0 Å². The lowest BCUT2D eigenvalue weighted by atomic mass is 10.0. The van der Waals surface area contributed by atoms with Crippen molar-refractivity contribution in [3.63, 3.8) is 0 Å². The number of hydrogen-bond donors (Lipinski definition) is 0. The molecule has 1 aromatic carbocycles. The van der Waals surface area contributed by atoms with Crippen LogP contribution in [-0.2, 0) is 13.0 Å². The third kappa shape index (κ3) is 0.985. The molecule has 0 spiro atoms. The number of aryl methyl sites for hydroxylation is 2. The molecule has 14 heavy (non-hydrogen) atoms. The van der Waals surface area contributed by atoms with Crippen molar-refractivity contribution in [3.05, 3.63) is 42.0 Å². The van der Waals surface area contributed by atoms with Gasteiger partial charge in [-0.1, -0.05) is 6.07 Å². The van der Waals surface area contributed by atoms with Gasteiger partial charge in [-0.15, -0.1) is 0 Å². The van der Waals surface area contributed by atoms with Crippen LogP contribution in [0.5, 0.6) is 0 Å². The van der Waals surface area contributed by atoms with E-state index in [-0.39, 0.29) is 5.82 Å². The first-order valence-electron chi connectivity index (χ1n) is 4.64. The van der Waals surface area contributed by atoms with E-state index >= 15 is 0 Å². The van der Waals surface area contributed by atoms with Crippen molar-refractivity contribution in [2.45, 2.75) is 13.0 Å². The highest BCUT2D eigenvalue weighted by Crippen LogP contribution is 2.28. The predicted molar refractivity (Wildman–Crippen MR) is 51.3 cm³/mol. The monoisotopic (exact) mass is 188 g/mol. The summed E-state index contributed by atoms with van der Waals surface area (Å²) >= 11 is 0. The minimum absolute atomic E-state index is 0.194. The van der Waals surface area contributed by atoms with Crippen molar-refractivity contribution in [1.29, 1.82) is 0 Å². The molecule has 2 heterocycles. The van der Waals surface area contributed by atoms with E-state index in [1.807, 2.05) is 12.3 Å². The minimum Gasteiger partial charge on any atom is -0.331 e. The Morgan fingerprint density at radius 2 is 2.29 bits per heavy atom. The second kappa shape index (κ2) is 2.67. The Kier molecular flexibility index (Phi) is 1.48. The van der Waals surface area contributed by atoms with Crippen molar-refractivity contribution in [2.24, 2.45) is 0 Å². The van der Waals surface area contributed by atoms with E-state index in [1.54, 1.807) is 12.3 Å². The van der Waals surface area contributed by atoms with Gasteiger partial charge < -0.3 is 4.57 Å². The molecular formula is C11H9FN2. The third-order valence-corrected chi connectivity index (χ3v) is 2.65. The lowest BCUT2D eigenvalue weighted by Crippen LogP contribution is -2.10. The number of hydrogen-bond acceptors (Lipinski definition) is 1. The molecule has 0 saturated carbocycles. The molecule has 2 nitrogen and oxygen atoms in total. The van der Waals surface area contributed by atoms with Crippen molar-refractivity contribution in [3.8, 4) is 11.4 Å². The minimum atomic E-state index is -0.194. The van der Waals surface area contributed by atoms with E-state index in [2.05, 4.69) is 9.55 Å². The summed E-state index contributed by atoms with van der Waals surface area (Å²) in [6, 6.07) is 4.92. The molecule has 0 saturated heterocycles. The van der Waals surface area contributed by atoms with Crippen LogP contribution in [0.15, 0.2) is 30.6 Å². The van der Waals surface area contributed by atoms with Gasteiger partial charge >= 0.3 is 0 Å². The van der Waals surface area contributed by atoms with Crippen LogP contribution < -0.4 is 0 Å². The van der Waals surface area contributed by atoms with Crippen LogP contribution in [0.2, 0.25) is 0 Å². The van der Waals surface area contributed by atoms with E-state index in [0.717, 1.165) is 24.4 Å². The molecule has 1 aliphatic heterocycles. The zero-order valence-electron chi connectivity index (χ0n) is 7.57. The number of nitrogens with zero attached hydrogens (tertiary/aromatic N) is 2. The van der Waals surface area contributed by atoms with Crippen LogP contribution in [0, 0.1) is 5.82 Å². The van der Waals surface area contributed by atoms with Crippen LogP contribution >= 0.6 is 0 Å². The fourth-order valence-electron chi connectivity index (χ4n) is 1.95. The largest absolute Gasteiger partial charge is 0.331 e. The topological polar surface area (TPSA) is 17.8 Å². The lowest BCUT2D eigenvalue weighted by Gasteiger charge is -2.17. The number of aromatic nitrogens is 2. The highest BCUT2D eigenvalue weighted by atomic mass is 19.1. The average Bonchev–Trinajstić information content (AvgIpc) is 2.65. The molecule has 0 bridgehead atoms. The molecule has 70 valence electrons. The molecule has 1 aliphatic rings. The Morgan fingerprint density at radius 3 is 3.21 bits per heavy atom. The van der Waals surface area contributed by atoms with Crippen molar-refractivity contribution in [2.75, 3.05) is 0 Å². The standard InChI is InChI=1S/C11H9FN2/c12-9-2-1-8-3-5-14-6-4-13-11(14)10(8)7-9/h1-2,4,6-7H,3,5H2. The highest BCUT2D eigenvalue weighted by Gasteiger charge is 2.16. The van der Waals surface area contributed by atoms with Crippen molar-refractivity contribution in [1.82, 2.24) is 9.55 Å². The average molecular weight is 188 g/mol. The Hall–Kier alpha value is -1.64. The zero-order chi connectivity index (χ0) is 9.54. The van der Waals surface area contributed by atoms with Gasteiger partial charge in [-0.3, -0.25) is 0 Å². The van der Waals surface area contributed by atoms with Gasteiger partial charge in [-0.05, 0) is 24.1 Å². The molecule has 0 aliphatic carbocycles. The number of halogens is 1. The van der Waals surface area contributed by atoms with Gasteiger partial charge in [-0.2, -0.15) is 0 Å². The van der Waals surface area contributed by atoms with Gasteiger partial charge in [0, 0.05) is 24.5 Å². The Balaban J connectivity index is 2.28. The predicted octanol–water partition coefficient (Wildman–Crippen LogP) is 2.25. The summed E-state index contributed by atoms with van der Waals surface area (Å²) in [5, 5.41) is 0. The van der Waals surface area contributed by atoms with Crippen LogP contribution in [0.3, 0.4) is 0 Å². The molecule has 0 radical (unpaired) electrons. The summed E-state index contributed by atoms with van der Waals surface area (Å²) < 4.78 is 15.1. The summed E-state index contributed by atoms with van der Waals surface area (Å²) in [4.78, 5) is 4.24. The van der Waals surface area contributed by atoms with Crippen LogP contribution in [0.1, 0.15) is 5.56 Å². The van der Waals surface area contributed by atoms with Gasteiger partial charge in [0.15, 0.2) is 0 Å². The number of rotatable bonds is 0. The van der Waals surface area contributed by atoms with Crippen LogP contribution in [-0.4, -0.2) is 9.55 Å². The summed E-state index contributed by atoms with van der Waals surface area (Å²) in [5.41, 5.74) is 2.12. The molecule has 0 fully saturated rings. The van der Waals surface area contributed by atoms with Gasteiger partial charge in [-0.25, -0.2) is 9.37 Å². The second-order valence-electron chi connectivity index (χ2n) is 3.50. The highest BCUT2D eigenvalue weighted by molar-refractivity contribution is 5.62. The van der Waals surface area contributed by atoms with Gasteiger partial charge in [0.2, 0.25) is 0 Å². The first kappa shape index (κ1) is 7.74. The maximum Gasteiger partial charge on any atom is 0.140 e. The SMILES string of the molecule is Fc1ccc2c(c1)-c1nccn1CC2. The number of fused-ring (bicyclic) bond motifs is 3. The normalized spacial score (nSPS) is 13.5. The fraction of sp³-hybridized carbons (Fsp3) is 0.182. The smallest absolute Gasteiger partial charge is 0.140 e. The van der Waals surface area contributed by atoms with Crippen LogP contribution in [0.4, 0.5) is 4.39 Å². The molecule has 2 aromatic rings. The summed E-state index contributed by atoms with van der Waals surface area (Å²) in [5.74, 6) is 0.686. The quantitative estimate of drug-likeness (QED) is 0.620. The van der Waals surface area contributed by atoms with E-state index < -0.39 is 0 Å². The molecule has 0 unspecified atom stereocenters. The fourth-order valence-corrected chi connectivity index (χ4v) is 1.95. The van der Waals surface area contributed by atoms with Gasteiger partial charge in [0.05, 0.1) is 0 Å². The zero-order valence-corrected chi connectivity index (χ0v) is 7.57. The van der Waals surface area contributed by atoms with Crippen molar-refractivity contribution >= 4 is 0 Å². The molecular weight excluding hydrogens is 179 g/mol. The Morgan fingerprint density at radius 1 is 1.36 bits per heavy atom. The summed E-state index contributed by atoms with van der Waals surface area (Å²) in [6.45, 7) is 0.938. The first-order valence-corrected chi connectivity index (χ1v) is 4.64. The molecule has 0 amide bonds. The second-order valence-corrected chi connectivity index (χ2v) is 3.50. The third-order valence-electron chi connectivity index (χ3n) is 2.65. The molecule has 0 atom stereocenters. The van der Waals surface area contributed by atoms with Crippen molar-refractivity contribution < 1.29 is 4.39 Å². The Labute approximate surface area is 81.0 Å². The maximum absolute atomic E-state index is 13.1. The van der Waals surface area contributed by atoms with Gasteiger partial charge in [0.1, 0.15) is 11.6 Å². The van der Waals surface area contributed by atoms with E-state index in [0.29, 0.717) is 0 Å². The molecule has 3 heteroatoms. The summed E-state index contributed by atoms with van der Waals surface area (Å²) in [6.07, 6.45) is 4.65. The molecule has 1 aromatic heterocycles. The van der Waals surface area contributed by atoms with E-state index in [9.17, 15) is 4.39 Å². The number of benzene rings is 1.